The molecule has 0 radical (unpaired) electrons. The predicted octanol–water partition coefficient (Wildman–Crippen LogP) is 1.90. The zero-order chi connectivity index (χ0) is 37.2. The Bertz CT molecular complexity index is 1920. The van der Waals surface area contributed by atoms with E-state index in [1.807, 2.05) is 36.4 Å². The van der Waals surface area contributed by atoms with Gasteiger partial charge in [-0.05, 0) is 75.6 Å². The summed E-state index contributed by atoms with van der Waals surface area (Å²) in [6, 6.07) is 9.07. The summed E-state index contributed by atoms with van der Waals surface area (Å²) in [6.45, 7) is 0.558. The van der Waals surface area contributed by atoms with Crippen molar-refractivity contribution in [2.45, 2.75) is 93.1 Å². The fourth-order valence-electron chi connectivity index (χ4n) is 7.30. The van der Waals surface area contributed by atoms with Crippen LogP contribution in [-0.2, 0) is 24.4 Å². The van der Waals surface area contributed by atoms with Crippen molar-refractivity contribution in [2.75, 3.05) is 19.7 Å². The Morgan fingerprint density at radius 1 is 0.962 bits per heavy atom. The van der Waals surface area contributed by atoms with Crippen LogP contribution in [0.5, 0.6) is 5.75 Å². The van der Waals surface area contributed by atoms with Crippen LogP contribution in [0.25, 0.3) is 11.3 Å². The lowest BCUT2D eigenvalue weighted by Gasteiger charge is -2.30. The molecule has 5 N–H and O–H groups in total. The molecule has 2 saturated carbocycles. The molecule has 2 aliphatic carbocycles. The standard InChI is InChI=1S/C37H45N7O8S/c45-32-29-14-7-13-28(40-29)23-9-6-11-26(19-23)52-18-8-17-38-36(49)41-30-12-5-3-1-2-4-10-24-21-37(24,35(48)43-53(50,51)27-15-16-27)42-33(46)31-20-25(39-32)22-44(31)34(30)47/h4,6-7,9-11,13-14,19,24-25,27,30-31H,1-3,5,8,12,15-18,20-22H2,(H,39,45)(H,42,46)(H,43,48)(H2,38,41,49)/t24-,25-,30+,31+,37-/m1/s1. The van der Waals surface area contributed by atoms with Crippen molar-refractivity contribution in [1.82, 2.24) is 35.9 Å². The van der Waals surface area contributed by atoms with E-state index in [-0.39, 0.29) is 31.6 Å². The second-order valence-corrected chi connectivity index (χ2v) is 16.5. The van der Waals surface area contributed by atoms with Crippen LogP contribution in [0.1, 0.15) is 74.7 Å². The number of sulfonamides is 1. The first kappa shape index (κ1) is 36.4. The number of carbonyl (C=O) groups is 5. The summed E-state index contributed by atoms with van der Waals surface area (Å²) in [5.41, 5.74) is -0.0917. The fraction of sp³-hybridized carbons (Fsp3) is 0.514. The normalized spacial score (nSPS) is 28.4. The van der Waals surface area contributed by atoms with Crippen molar-refractivity contribution < 1.29 is 37.1 Å². The number of carbonyl (C=O) groups excluding carboxylic acids is 5. The number of fused-ring (bicyclic) bond motifs is 8. The van der Waals surface area contributed by atoms with Crippen LogP contribution < -0.4 is 30.7 Å². The zero-order valence-electron chi connectivity index (χ0n) is 29.3. The molecule has 5 aliphatic rings. The Balaban J connectivity index is 1.19. The van der Waals surface area contributed by atoms with Crippen LogP contribution >= 0.6 is 0 Å². The Kier molecular flexibility index (Phi) is 10.4. The smallest absolute Gasteiger partial charge is 0.315 e. The first-order valence-corrected chi connectivity index (χ1v) is 20.0. The van der Waals surface area contributed by atoms with Crippen LogP contribution in [-0.4, -0.2) is 96.6 Å². The summed E-state index contributed by atoms with van der Waals surface area (Å²) in [7, 11) is -3.90. The highest BCUT2D eigenvalue weighted by Crippen LogP contribution is 2.46. The number of urea groups is 1. The molecule has 7 bridgehead atoms. The van der Waals surface area contributed by atoms with Gasteiger partial charge in [0.05, 0.1) is 17.6 Å². The van der Waals surface area contributed by atoms with Gasteiger partial charge in [0, 0.05) is 30.6 Å². The summed E-state index contributed by atoms with van der Waals surface area (Å²) in [6.07, 6.45) is 8.60. The zero-order valence-corrected chi connectivity index (χ0v) is 30.2. The lowest BCUT2D eigenvalue weighted by atomic mass is 10.0. The SMILES string of the molecule is O=C1NCCCOc2cccc(c2)-c2cccc(n2)C(=O)N[C@@H]2C[C@H]3C(=O)N[C@]4(C(=O)NS(=O)(=O)C5CC5)C[C@H]4C=CCCCCC[C@H](N1)C(=O)N3C2. The predicted molar refractivity (Wildman–Crippen MR) is 193 cm³/mol. The second kappa shape index (κ2) is 15.2. The van der Waals surface area contributed by atoms with Crippen LogP contribution in [0.15, 0.2) is 54.6 Å². The molecule has 15 nitrogen and oxygen atoms in total. The largest absolute Gasteiger partial charge is 0.494 e. The third kappa shape index (κ3) is 8.32. The van der Waals surface area contributed by atoms with Crippen LogP contribution in [0.2, 0.25) is 0 Å². The lowest BCUT2D eigenvalue weighted by Crippen LogP contribution is -2.58. The van der Waals surface area contributed by atoms with E-state index in [2.05, 4.69) is 31.0 Å². The molecule has 1 aromatic heterocycles. The quantitative estimate of drug-likeness (QED) is 0.291. The van der Waals surface area contributed by atoms with E-state index in [0.29, 0.717) is 56.6 Å². The highest BCUT2D eigenvalue weighted by Gasteiger charge is 2.62. The number of nitrogens with zero attached hydrogens (tertiary/aromatic N) is 2. The van der Waals surface area contributed by atoms with E-state index in [1.54, 1.807) is 18.2 Å². The minimum absolute atomic E-state index is 0.0138. The molecule has 4 heterocycles. The molecule has 7 rings (SSSR count). The van der Waals surface area contributed by atoms with E-state index in [1.165, 1.54) is 4.90 Å². The third-order valence-electron chi connectivity index (χ3n) is 10.5. The number of rotatable bonds is 3. The molecule has 16 heteroatoms. The van der Waals surface area contributed by atoms with Crippen LogP contribution in [0.4, 0.5) is 4.79 Å². The van der Waals surface area contributed by atoms with Gasteiger partial charge in [0.2, 0.25) is 21.8 Å². The van der Waals surface area contributed by atoms with E-state index in [4.69, 9.17) is 4.74 Å². The van der Waals surface area contributed by atoms with Gasteiger partial charge < -0.3 is 30.9 Å². The highest BCUT2D eigenvalue weighted by molar-refractivity contribution is 7.91. The first-order chi connectivity index (χ1) is 25.5. The van der Waals surface area contributed by atoms with Crippen molar-refractivity contribution in [3.63, 3.8) is 0 Å². The van der Waals surface area contributed by atoms with Crippen LogP contribution in [0.3, 0.4) is 0 Å². The van der Waals surface area contributed by atoms with E-state index >= 15 is 0 Å². The molecule has 282 valence electrons. The first-order valence-electron chi connectivity index (χ1n) is 18.4. The van der Waals surface area contributed by atoms with Gasteiger partial charge in [0.25, 0.3) is 11.8 Å². The maximum Gasteiger partial charge on any atom is 0.315 e. The minimum atomic E-state index is -3.90. The van der Waals surface area contributed by atoms with Crippen molar-refractivity contribution in [3.05, 3.63) is 60.3 Å². The summed E-state index contributed by atoms with van der Waals surface area (Å²) in [5, 5.41) is 10.8. The molecular weight excluding hydrogens is 703 g/mol. The third-order valence-corrected chi connectivity index (χ3v) is 12.3. The van der Waals surface area contributed by atoms with E-state index in [9.17, 15) is 32.4 Å². The monoisotopic (exact) mass is 747 g/mol. The Morgan fingerprint density at radius 2 is 1.77 bits per heavy atom. The number of pyridine rings is 1. The molecule has 2 aromatic rings. The molecule has 53 heavy (non-hydrogen) atoms. The van der Waals surface area contributed by atoms with Gasteiger partial charge in [-0.25, -0.2) is 18.2 Å². The van der Waals surface area contributed by atoms with E-state index in [0.717, 1.165) is 18.4 Å². The number of benzene rings is 1. The lowest BCUT2D eigenvalue weighted by molar-refractivity contribution is -0.141. The van der Waals surface area contributed by atoms with Gasteiger partial charge >= 0.3 is 6.03 Å². The van der Waals surface area contributed by atoms with Crippen molar-refractivity contribution >= 4 is 39.7 Å². The Morgan fingerprint density at radius 3 is 2.60 bits per heavy atom. The molecule has 0 unspecified atom stereocenters. The molecule has 3 fully saturated rings. The average Bonchev–Trinajstić information content (AvgIpc) is 4.07. The molecular formula is C37H45N7O8S. The molecule has 5 atom stereocenters. The minimum Gasteiger partial charge on any atom is -0.494 e. The maximum atomic E-state index is 14.4. The van der Waals surface area contributed by atoms with Gasteiger partial charge in [-0.2, -0.15) is 0 Å². The summed E-state index contributed by atoms with van der Waals surface area (Å²) >= 11 is 0. The van der Waals surface area contributed by atoms with Gasteiger partial charge in [0.1, 0.15) is 29.1 Å². The topological polar surface area (TPSA) is 205 Å². The average molecular weight is 748 g/mol. The van der Waals surface area contributed by atoms with Gasteiger partial charge in [-0.15, -0.1) is 0 Å². The number of hydrogen-bond donors (Lipinski definition) is 5. The number of amides is 6. The van der Waals surface area contributed by atoms with Gasteiger partial charge in [0.15, 0.2) is 0 Å². The Labute approximate surface area is 308 Å². The number of ether oxygens (including phenoxy) is 1. The number of hydrogen-bond acceptors (Lipinski definition) is 9. The Hall–Kier alpha value is -4.99. The van der Waals surface area contributed by atoms with Crippen LogP contribution in [0, 0.1) is 5.92 Å². The second-order valence-electron chi connectivity index (χ2n) is 14.5. The van der Waals surface area contributed by atoms with Crippen molar-refractivity contribution in [1.29, 1.82) is 0 Å². The van der Waals surface area contributed by atoms with Gasteiger partial charge in [-0.1, -0.05) is 43.2 Å². The molecule has 6 amide bonds. The number of allylic oxidation sites excluding steroid dienone is 1. The molecule has 0 spiro atoms. The molecule has 3 aliphatic heterocycles. The summed E-state index contributed by atoms with van der Waals surface area (Å²) in [4.78, 5) is 75.0. The number of nitrogens with one attached hydrogen (secondary N) is 5. The highest BCUT2D eigenvalue weighted by atomic mass is 32.2. The molecule has 1 saturated heterocycles. The van der Waals surface area contributed by atoms with E-state index < -0.39 is 74.5 Å². The van der Waals surface area contributed by atoms with Crippen molar-refractivity contribution in [2.24, 2.45) is 5.92 Å². The molecule has 1 aromatic carbocycles. The van der Waals surface area contributed by atoms with Crippen molar-refractivity contribution in [3.8, 4) is 17.0 Å². The number of aromatic nitrogens is 1. The fourth-order valence-corrected chi connectivity index (χ4v) is 8.67. The summed E-state index contributed by atoms with van der Waals surface area (Å²) in [5.74, 6) is -2.29. The summed E-state index contributed by atoms with van der Waals surface area (Å²) < 4.78 is 33.7. The maximum absolute atomic E-state index is 14.4. The van der Waals surface area contributed by atoms with Gasteiger partial charge in [-0.3, -0.25) is 23.9 Å².